The average molecular weight is 248 g/mol. The molecule has 2 N–H and O–H groups in total. The van der Waals surface area contributed by atoms with Gasteiger partial charge < -0.3 is 15.0 Å². The molecule has 0 fully saturated rings. The molecule has 7 heteroatoms. The van der Waals surface area contributed by atoms with Crippen molar-refractivity contribution in [3.8, 4) is 0 Å². The fourth-order valence-electron chi connectivity index (χ4n) is 1.58. The van der Waals surface area contributed by atoms with Crippen LogP contribution in [0.5, 0.6) is 0 Å². The molecule has 1 amide bonds. The highest BCUT2D eigenvalue weighted by Crippen LogP contribution is 2.08. The summed E-state index contributed by atoms with van der Waals surface area (Å²) in [6.45, 7) is -0.249. The van der Waals surface area contributed by atoms with Crippen molar-refractivity contribution in [2.24, 2.45) is 7.05 Å². The van der Waals surface area contributed by atoms with E-state index in [1.54, 1.807) is 37.6 Å². The minimum Gasteiger partial charge on any atom is -0.480 e. The van der Waals surface area contributed by atoms with Crippen LogP contribution in [-0.2, 0) is 18.4 Å². The Balaban J connectivity index is 2.17. The van der Waals surface area contributed by atoms with Crippen LogP contribution >= 0.6 is 0 Å². The molecule has 0 saturated heterocycles. The van der Waals surface area contributed by atoms with Crippen molar-refractivity contribution in [2.75, 3.05) is 5.32 Å². The number of nitrogens with one attached hydrogen (secondary N) is 1. The van der Waals surface area contributed by atoms with Gasteiger partial charge in [0.15, 0.2) is 0 Å². The molecule has 2 heterocycles. The predicted octanol–water partition coefficient (Wildman–Crippen LogP) is 0.558. The van der Waals surface area contributed by atoms with E-state index < -0.39 is 5.97 Å². The number of aromatic nitrogens is 3. The van der Waals surface area contributed by atoms with Crippen molar-refractivity contribution in [3.05, 3.63) is 36.3 Å². The first-order chi connectivity index (χ1) is 8.58. The lowest BCUT2D eigenvalue weighted by molar-refractivity contribution is -0.137. The SMILES string of the molecule is Cn1nccc1NC(=O)c1cccn1CC(=O)O. The van der Waals surface area contributed by atoms with Gasteiger partial charge in [0.05, 0.1) is 6.20 Å². The molecule has 0 bridgehead atoms. The Morgan fingerprint density at radius 3 is 2.83 bits per heavy atom. The second kappa shape index (κ2) is 4.74. The number of rotatable bonds is 4. The summed E-state index contributed by atoms with van der Waals surface area (Å²) in [6.07, 6.45) is 3.11. The number of aliphatic carboxylic acids is 1. The average Bonchev–Trinajstić information content (AvgIpc) is 2.88. The first-order valence-electron chi connectivity index (χ1n) is 5.24. The van der Waals surface area contributed by atoms with Gasteiger partial charge in [0.2, 0.25) is 0 Å². The van der Waals surface area contributed by atoms with Gasteiger partial charge in [0, 0.05) is 19.3 Å². The largest absolute Gasteiger partial charge is 0.480 e. The lowest BCUT2D eigenvalue weighted by atomic mass is 10.4. The third-order valence-electron chi connectivity index (χ3n) is 2.43. The van der Waals surface area contributed by atoms with Gasteiger partial charge in [0.1, 0.15) is 18.1 Å². The zero-order valence-corrected chi connectivity index (χ0v) is 9.70. The maximum absolute atomic E-state index is 12.0. The minimum absolute atomic E-state index is 0.249. The van der Waals surface area contributed by atoms with Gasteiger partial charge in [-0.05, 0) is 12.1 Å². The second-order valence-corrected chi connectivity index (χ2v) is 3.71. The number of amides is 1. The quantitative estimate of drug-likeness (QED) is 0.827. The van der Waals surface area contributed by atoms with Crippen molar-refractivity contribution >= 4 is 17.7 Å². The van der Waals surface area contributed by atoms with Crippen LogP contribution in [0.4, 0.5) is 5.82 Å². The number of carbonyl (C=O) groups excluding carboxylic acids is 1. The number of carboxylic acids is 1. The Labute approximate surface area is 103 Å². The topological polar surface area (TPSA) is 89.2 Å². The highest BCUT2D eigenvalue weighted by atomic mass is 16.4. The summed E-state index contributed by atoms with van der Waals surface area (Å²) in [5.41, 5.74) is 0.290. The Morgan fingerprint density at radius 2 is 2.22 bits per heavy atom. The van der Waals surface area contributed by atoms with Gasteiger partial charge in [-0.2, -0.15) is 5.10 Å². The van der Waals surface area contributed by atoms with E-state index in [1.165, 1.54) is 9.25 Å². The van der Waals surface area contributed by atoms with Gasteiger partial charge in [-0.15, -0.1) is 0 Å². The molecule has 2 aromatic heterocycles. The summed E-state index contributed by atoms with van der Waals surface area (Å²) < 4.78 is 2.89. The molecule has 7 nitrogen and oxygen atoms in total. The molecule has 0 radical (unpaired) electrons. The van der Waals surface area contributed by atoms with Gasteiger partial charge >= 0.3 is 5.97 Å². The monoisotopic (exact) mass is 248 g/mol. The van der Waals surface area contributed by atoms with Gasteiger partial charge in [-0.3, -0.25) is 14.3 Å². The summed E-state index contributed by atoms with van der Waals surface area (Å²) in [4.78, 5) is 22.6. The smallest absolute Gasteiger partial charge is 0.323 e. The molecule has 18 heavy (non-hydrogen) atoms. The highest BCUT2D eigenvalue weighted by molar-refractivity contribution is 6.02. The number of anilines is 1. The van der Waals surface area contributed by atoms with Gasteiger partial charge in [-0.25, -0.2) is 0 Å². The van der Waals surface area contributed by atoms with E-state index in [0.717, 1.165) is 0 Å². The normalized spacial score (nSPS) is 10.3. The van der Waals surface area contributed by atoms with Crippen LogP contribution in [0, 0.1) is 0 Å². The number of hydrogen-bond donors (Lipinski definition) is 2. The lowest BCUT2D eigenvalue weighted by Gasteiger charge is -2.07. The Bertz CT molecular complexity index is 585. The Kier molecular flexibility index (Phi) is 3.13. The van der Waals surface area contributed by atoms with Crippen molar-refractivity contribution < 1.29 is 14.7 Å². The number of carbonyl (C=O) groups is 2. The first kappa shape index (κ1) is 11.9. The molecule has 0 aliphatic carbocycles. The molecule has 0 aromatic carbocycles. The molecular weight excluding hydrogens is 236 g/mol. The third kappa shape index (κ3) is 2.40. The second-order valence-electron chi connectivity index (χ2n) is 3.71. The van der Waals surface area contributed by atoms with Crippen molar-refractivity contribution in [1.82, 2.24) is 14.3 Å². The van der Waals surface area contributed by atoms with E-state index in [0.29, 0.717) is 11.5 Å². The van der Waals surface area contributed by atoms with Crippen LogP contribution in [0.1, 0.15) is 10.5 Å². The predicted molar refractivity (Wildman–Crippen MR) is 63.2 cm³/mol. The number of aryl methyl sites for hydroxylation is 1. The summed E-state index contributed by atoms with van der Waals surface area (Å²) in [5, 5.41) is 15.3. The molecule has 0 unspecified atom stereocenters. The summed E-state index contributed by atoms with van der Waals surface area (Å²) in [7, 11) is 1.70. The van der Waals surface area contributed by atoms with Gasteiger partial charge in [-0.1, -0.05) is 0 Å². The molecule has 94 valence electrons. The number of nitrogens with zero attached hydrogens (tertiary/aromatic N) is 3. The van der Waals surface area contributed by atoms with Crippen molar-refractivity contribution in [2.45, 2.75) is 6.54 Å². The van der Waals surface area contributed by atoms with Crippen LogP contribution in [0.15, 0.2) is 30.6 Å². The van der Waals surface area contributed by atoms with E-state index >= 15 is 0 Å². The van der Waals surface area contributed by atoms with E-state index in [-0.39, 0.29) is 12.5 Å². The van der Waals surface area contributed by atoms with Crippen LogP contribution in [0.3, 0.4) is 0 Å². The fourth-order valence-corrected chi connectivity index (χ4v) is 1.58. The van der Waals surface area contributed by atoms with Crippen molar-refractivity contribution in [1.29, 1.82) is 0 Å². The minimum atomic E-state index is -0.999. The highest BCUT2D eigenvalue weighted by Gasteiger charge is 2.13. The zero-order valence-electron chi connectivity index (χ0n) is 9.70. The molecule has 0 saturated carbocycles. The summed E-state index contributed by atoms with van der Waals surface area (Å²) in [5.74, 6) is -0.825. The Morgan fingerprint density at radius 1 is 1.44 bits per heavy atom. The first-order valence-corrected chi connectivity index (χ1v) is 5.24. The van der Waals surface area contributed by atoms with E-state index in [2.05, 4.69) is 10.4 Å². The molecule has 2 rings (SSSR count). The summed E-state index contributed by atoms with van der Waals surface area (Å²) >= 11 is 0. The maximum Gasteiger partial charge on any atom is 0.323 e. The molecule has 0 atom stereocenters. The molecule has 0 spiro atoms. The molecular formula is C11H12N4O3. The maximum atomic E-state index is 12.0. The zero-order chi connectivity index (χ0) is 13.1. The Hall–Kier alpha value is -2.57. The van der Waals surface area contributed by atoms with E-state index in [1.807, 2.05) is 0 Å². The van der Waals surface area contributed by atoms with Crippen LogP contribution in [0.25, 0.3) is 0 Å². The van der Waals surface area contributed by atoms with Crippen LogP contribution in [-0.4, -0.2) is 31.3 Å². The number of carboxylic acid groups (broad SMARTS) is 1. The van der Waals surface area contributed by atoms with E-state index in [9.17, 15) is 9.59 Å². The van der Waals surface area contributed by atoms with Gasteiger partial charge in [0.25, 0.3) is 5.91 Å². The fraction of sp³-hybridized carbons (Fsp3) is 0.182. The van der Waals surface area contributed by atoms with Crippen LogP contribution < -0.4 is 5.32 Å². The van der Waals surface area contributed by atoms with Crippen LogP contribution in [0.2, 0.25) is 0 Å². The molecule has 0 aliphatic rings. The number of hydrogen-bond acceptors (Lipinski definition) is 3. The molecule has 2 aromatic rings. The van der Waals surface area contributed by atoms with Crippen molar-refractivity contribution in [3.63, 3.8) is 0 Å². The molecule has 0 aliphatic heterocycles. The lowest BCUT2D eigenvalue weighted by Crippen LogP contribution is -2.20. The third-order valence-corrected chi connectivity index (χ3v) is 2.43. The standard InChI is InChI=1S/C11H12N4O3/c1-14-9(4-5-12-14)13-11(18)8-3-2-6-15(8)7-10(16)17/h2-6H,7H2,1H3,(H,13,18)(H,16,17). The van der Waals surface area contributed by atoms with E-state index in [4.69, 9.17) is 5.11 Å². The summed E-state index contributed by atoms with van der Waals surface area (Å²) in [6, 6.07) is 4.85.